The largest absolute Gasteiger partial charge is 0.493 e. The number of halogens is 3. The van der Waals surface area contributed by atoms with Crippen LogP contribution in [0.3, 0.4) is 0 Å². The molecule has 186 valence electrons. The van der Waals surface area contributed by atoms with E-state index in [1.54, 1.807) is 48.5 Å². The number of carbonyl (C=O) groups is 1. The van der Waals surface area contributed by atoms with Crippen molar-refractivity contribution in [2.24, 2.45) is 0 Å². The molecule has 3 rings (SSSR count). The van der Waals surface area contributed by atoms with Crippen LogP contribution in [0.25, 0.3) is 0 Å². The Labute approximate surface area is 200 Å². The fourth-order valence-electron chi connectivity index (χ4n) is 3.10. The van der Waals surface area contributed by atoms with E-state index in [-0.39, 0.29) is 6.42 Å². The van der Waals surface area contributed by atoms with Crippen LogP contribution >= 0.6 is 0 Å². The van der Waals surface area contributed by atoms with Gasteiger partial charge in [-0.3, -0.25) is 0 Å². The van der Waals surface area contributed by atoms with Crippen LogP contribution in [0.15, 0.2) is 72.8 Å². The van der Waals surface area contributed by atoms with Crippen LogP contribution in [0.1, 0.15) is 17.5 Å². The quantitative estimate of drug-likeness (QED) is 0.315. The van der Waals surface area contributed by atoms with E-state index in [0.717, 1.165) is 17.7 Å². The van der Waals surface area contributed by atoms with E-state index in [1.807, 2.05) is 0 Å². The molecule has 0 amide bonds. The molecule has 0 aliphatic carbocycles. The molecule has 0 spiro atoms. The van der Waals surface area contributed by atoms with E-state index in [4.69, 9.17) is 24.1 Å². The van der Waals surface area contributed by atoms with Gasteiger partial charge in [0.05, 0.1) is 18.8 Å². The number of ether oxygens (including phenoxy) is 4. The number of carboxylic acid groups (broad SMARTS) is 1. The second-order valence-electron chi connectivity index (χ2n) is 7.56. The maximum atomic E-state index is 12.6. The van der Waals surface area contributed by atoms with Crippen LogP contribution in [0, 0.1) is 0 Å². The summed E-state index contributed by atoms with van der Waals surface area (Å²) in [6, 6.07) is 18.4. The third-order valence-electron chi connectivity index (χ3n) is 4.97. The zero-order chi connectivity index (χ0) is 25.3. The van der Waals surface area contributed by atoms with Crippen LogP contribution in [0.2, 0.25) is 0 Å². The molecule has 35 heavy (non-hydrogen) atoms. The molecule has 0 heterocycles. The van der Waals surface area contributed by atoms with Crippen LogP contribution in [0.4, 0.5) is 13.2 Å². The second kappa shape index (κ2) is 12.1. The first-order valence-corrected chi connectivity index (χ1v) is 10.8. The molecule has 0 aliphatic heterocycles. The number of alkyl halides is 3. The van der Waals surface area contributed by atoms with Gasteiger partial charge in [0.1, 0.15) is 23.0 Å². The maximum Gasteiger partial charge on any atom is 0.416 e. The molecular formula is C26H25F3O6. The van der Waals surface area contributed by atoms with Gasteiger partial charge in [-0.1, -0.05) is 12.1 Å². The SMILES string of the molecule is CO[C@@H](Cc1ccc(OCCCOc2ccc(Oc3ccc(C(F)(F)F)cc3)cc2)cc1)C(=O)O. The predicted molar refractivity (Wildman–Crippen MR) is 122 cm³/mol. The van der Waals surface area contributed by atoms with Crippen LogP contribution in [-0.2, 0) is 22.1 Å². The van der Waals surface area contributed by atoms with Gasteiger partial charge < -0.3 is 24.1 Å². The highest BCUT2D eigenvalue weighted by atomic mass is 19.4. The molecule has 0 aliphatic rings. The Bertz CT molecular complexity index is 1060. The molecule has 0 radical (unpaired) electrons. The fourth-order valence-corrected chi connectivity index (χ4v) is 3.10. The van der Waals surface area contributed by atoms with E-state index in [2.05, 4.69) is 0 Å². The van der Waals surface area contributed by atoms with Crippen molar-refractivity contribution in [3.63, 3.8) is 0 Å². The Morgan fingerprint density at radius 3 is 1.71 bits per heavy atom. The van der Waals surface area contributed by atoms with E-state index >= 15 is 0 Å². The predicted octanol–water partition coefficient (Wildman–Crippen LogP) is 5.99. The lowest BCUT2D eigenvalue weighted by molar-refractivity contribution is -0.148. The summed E-state index contributed by atoms with van der Waals surface area (Å²) in [6.45, 7) is 0.857. The van der Waals surface area contributed by atoms with Gasteiger partial charge >= 0.3 is 12.1 Å². The van der Waals surface area contributed by atoms with Crippen molar-refractivity contribution >= 4 is 5.97 Å². The number of methoxy groups -OCH3 is 1. The monoisotopic (exact) mass is 490 g/mol. The Hall–Kier alpha value is -3.72. The van der Waals surface area contributed by atoms with Crippen molar-refractivity contribution in [3.05, 3.63) is 83.9 Å². The van der Waals surface area contributed by atoms with Gasteiger partial charge in [0.25, 0.3) is 0 Å². The topological polar surface area (TPSA) is 74.2 Å². The molecule has 0 unspecified atom stereocenters. The molecule has 3 aromatic carbocycles. The summed E-state index contributed by atoms with van der Waals surface area (Å²) in [4.78, 5) is 11.0. The van der Waals surface area contributed by atoms with Crippen molar-refractivity contribution in [1.29, 1.82) is 0 Å². The number of aliphatic carboxylic acids is 1. The molecule has 0 bridgehead atoms. The summed E-state index contributed by atoms with van der Waals surface area (Å²) < 4.78 is 59.7. The van der Waals surface area contributed by atoms with Gasteiger partial charge in [0, 0.05) is 20.0 Å². The van der Waals surface area contributed by atoms with Gasteiger partial charge in [-0.25, -0.2) is 4.79 Å². The summed E-state index contributed by atoms with van der Waals surface area (Å²) >= 11 is 0. The zero-order valence-corrected chi connectivity index (χ0v) is 19.0. The zero-order valence-electron chi connectivity index (χ0n) is 19.0. The molecule has 6 nitrogen and oxygen atoms in total. The van der Waals surface area contributed by atoms with E-state index in [0.29, 0.717) is 42.6 Å². The van der Waals surface area contributed by atoms with Crippen molar-refractivity contribution < 1.29 is 42.0 Å². The minimum absolute atomic E-state index is 0.272. The summed E-state index contributed by atoms with van der Waals surface area (Å²) in [6.07, 6.45) is -4.36. The van der Waals surface area contributed by atoms with Crippen LogP contribution in [-0.4, -0.2) is 37.5 Å². The third-order valence-corrected chi connectivity index (χ3v) is 4.97. The lowest BCUT2D eigenvalue weighted by Gasteiger charge is -2.12. The Balaban J connectivity index is 1.37. The normalized spacial score (nSPS) is 12.1. The molecular weight excluding hydrogens is 465 g/mol. The summed E-state index contributed by atoms with van der Waals surface area (Å²) in [7, 11) is 1.36. The average molecular weight is 490 g/mol. The fraction of sp³-hybridized carbons (Fsp3) is 0.269. The number of rotatable bonds is 12. The molecule has 3 aromatic rings. The summed E-state index contributed by atoms with van der Waals surface area (Å²) in [5.41, 5.74) is 0.103. The molecule has 9 heteroatoms. The molecule has 0 fully saturated rings. The standard InChI is InChI=1S/C26H25F3O6/c1-32-24(25(30)31)17-18-3-7-20(8-4-18)33-15-2-16-34-21-11-13-23(14-12-21)35-22-9-5-19(6-10-22)26(27,28)29/h3-14,24H,2,15-17H2,1H3,(H,30,31)/t24-/m0/s1. The summed E-state index contributed by atoms with van der Waals surface area (Å²) in [5, 5.41) is 9.04. The third kappa shape index (κ3) is 8.22. The van der Waals surface area contributed by atoms with Gasteiger partial charge in [-0.15, -0.1) is 0 Å². The molecule has 0 saturated heterocycles. The molecule has 0 aromatic heterocycles. The number of benzene rings is 3. The lowest BCUT2D eigenvalue weighted by Crippen LogP contribution is -2.24. The minimum atomic E-state index is -4.38. The van der Waals surface area contributed by atoms with Crippen molar-refractivity contribution in [2.45, 2.75) is 25.1 Å². The lowest BCUT2D eigenvalue weighted by atomic mass is 10.1. The smallest absolute Gasteiger partial charge is 0.416 e. The van der Waals surface area contributed by atoms with E-state index < -0.39 is 23.8 Å². The Morgan fingerprint density at radius 1 is 0.800 bits per heavy atom. The molecule has 1 atom stereocenters. The highest BCUT2D eigenvalue weighted by Crippen LogP contribution is 2.31. The van der Waals surface area contributed by atoms with Gasteiger partial charge in [-0.2, -0.15) is 13.2 Å². The van der Waals surface area contributed by atoms with E-state index in [1.165, 1.54) is 19.2 Å². The van der Waals surface area contributed by atoms with Gasteiger partial charge in [0.15, 0.2) is 6.10 Å². The minimum Gasteiger partial charge on any atom is -0.493 e. The highest BCUT2D eigenvalue weighted by Gasteiger charge is 2.30. The van der Waals surface area contributed by atoms with E-state index in [9.17, 15) is 18.0 Å². The van der Waals surface area contributed by atoms with Crippen molar-refractivity contribution in [1.82, 2.24) is 0 Å². The number of hydrogen-bond donors (Lipinski definition) is 1. The Morgan fingerprint density at radius 2 is 1.26 bits per heavy atom. The first kappa shape index (κ1) is 25.9. The average Bonchev–Trinajstić information content (AvgIpc) is 2.84. The molecule has 1 N–H and O–H groups in total. The van der Waals surface area contributed by atoms with Crippen molar-refractivity contribution in [3.8, 4) is 23.0 Å². The Kier molecular flexibility index (Phi) is 8.97. The van der Waals surface area contributed by atoms with Crippen molar-refractivity contribution in [2.75, 3.05) is 20.3 Å². The van der Waals surface area contributed by atoms with Gasteiger partial charge in [0.2, 0.25) is 0 Å². The first-order valence-electron chi connectivity index (χ1n) is 10.8. The van der Waals surface area contributed by atoms with Crippen LogP contribution in [0.5, 0.6) is 23.0 Å². The van der Waals surface area contributed by atoms with Crippen LogP contribution < -0.4 is 14.2 Å². The second-order valence-corrected chi connectivity index (χ2v) is 7.56. The highest BCUT2D eigenvalue weighted by molar-refractivity contribution is 5.72. The first-order chi connectivity index (χ1) is 16.7. The van der Waals surface area contributed by atoms with Gasteiger partial charge in [-0.05, 0) is 66.2 Å². The number of carboxylic acids is 1. The molecule has 0 saturated carbocycles. The maximum absolute atomic E-state index is 12.6. The summed E-state index contributed by atoms with van der Waals surface area (Å²) in [5.74, 6) is 1.07. The number of hydrogen-bond acceptors (Lipinski definition) is 5.